The molecule has 1 fully saturated rings. The van der Waals surface area contributed by atoms with E-state index in [1.807, 2.05) is 4.90 Å². The van der Waals surface area contributed by atoms with E-state index < -0.39 is 0 Å². The van der Waals surface area contributed by atoms with E-state index in [9.17, 15) is 4.79 Å². The molecule has 1 aromatic heterocycles. The van der Waals surface area contributed by atoms with Crippen LogP contribution in [0.15, 0.2) is 10.9 Å². The van der Waals surface area contributed by atoms with Crippen LogP contribution >= 0.6 is 24.8 Å². The lowest BCUT2D eigenvalue weighted by molar-refractivity contribution is 0.584. The highest BCUT2D eigenvalue weighted by Crippen LogP contribution is 2.08. The van der Waals surface area contributed by atoms with Gasteiger partial charge in [-0.1, -0.05) is 0 Å². The number of aromatic amines is 1. The molecule has 0 spiro atoms. The standard InChI is InChI=1S/C8H13N5O.2ClH/c9-8-11-6(5-7(14)12-8)13-3-1-10-2-4-13;;/h5,10H,1-4H2,(H3,9,11,12,14);2*1H. The van der Waals surface area contributed by atoms with Gasteiger partial charge in [0.1, 0.15) is 5.82 Å². The predicted molar refractivity (Wildman–Crippen MR) is 68.8 cm³/mol. The van der Waals surface area contributed by atoms with Crippen molar-refractivity contribution >= 4 is 36.6 Å². The summed E-state index contributed by atoms with van der Waals surface area (Å²) in [6, 6.07) is 1.47. The Morgan fingerprint density at radius 3 is 2.50 bits per heavy atom. The molecule has 6 nitrogen and oxygen atoms in total. The molecular formula is C8H15Cl2N5O. The van der Waals surface area contributed by atoms with E-state index in [0.29, 0.717) is 5.82 Å². The van der Waals surface area contributed by atoms with Crippen LogP contribution in [-0.2, 0) is 0 Å². The first-order valence-corrected chi connectivity index (χ1v) is 4.58. The van der Waals surface area contributed by atoms with Gasteiger partial charge in [0.2, 0.25) is 5.95 Å². The molecule has 1 aliphatic heterocycles. The molecule has 4 N–H and O–H groups in total. The summed E-state index contributed by atoms with van der Waals surface area (Å²) >= 11 is 0. The van der Waals surface area contributed by atoms with Gasteiger partial charge in [-0.2, -0.15) is 4.98 Å². The number of piperazine rings is 1. The van der Waals surface area contributed by atoms with Crippen molar-refractivity contribution in [2.24, 2.45) is 0 Å². The summed E-state index contributed by atoms with van der Waals surface area (Å²) in [4.78, 5) is 19.7. The van der Waals surface area contributed by atoms with Crippen LogP contribution in [0, 0.1) is 0 Å². The number of nitrogen functional groups attached to an aromatic ring is 1. The van der Waals surface area contributed by atoms with Crippen LogP contribution in [0.3, 0.4) is 0 Å². The molecule has 1 saturated heterocycles. The maximum atomic E-state index is 11.1. The number of nitrogens with zero attached hydrogens (tertiary/aromatic N) is 2. The van der Waals surface area contributed by atoms with E-state index >= 15 is 0 Å². The first-order valence-electron chi connectivity index (χ1n) is 4.58. The molecular weight excluding hydrogens is 253 g/mol. The summed E-state index contributed by atoms with van der Waals surface area (Å²) in [6.45, 7) is 3.54. The average Bonchev–Trinajstić information content (AvgIpc) is 2.18. The van der Waals surface area contributed by atoms with Crippen molar-refractivity contribution in [2.45, 2.75) is 0 Å². The predicted octanol–water partition coefficient (Wildman–Crippen LogP) is -0.395. The van der Waals surface area contributed by atoms with E-state index in [-0.39, 0.29) is 36.3 Å². The van der Waals surface area contributed by atoms with Gasteiger partial charge in [0, 0.05) is 32.2 Å². The molecule has 1 aliphatic rings. The largest absolute Gasteiger partial charge is 0.369 e. The molecule has 92 valence electrons. The molecule has 0 unspecified atom stereocenters. The molecule has 2 heterocycles. The Hall–Kier alpha value is -0.980. The second kappa shape index (κ2) is 6.57. The maximum absolute atomic E-state index is 11.1. The lowest BCUT2D eigenvalue weighted by Gasteiger charge is -2.28. The molecule has 1 aromatic rings. The van der Waals surface area contributed by atoms with Gasteiger partial charge in [0.25, 0.3) is 5.56 Å². The van der Waals surface area contributed by atoms with E-state index in [1.54, 1.807) is 0 Å². The number of halogens is 2. The van der Waals surface area contributed by atoms with Crippen molar-refractivity contribution in [3.05, 3.63) is 16.4 Å². The molecule has 0 saturated carbocycles. The first-order chi connectivity index (χ1) is 6.75. The summed E-state index contributed by atoms with van der Waals surface area (Å²) in [5.41, 5.74) is 5.25. The van der Waals surface area contributed by atoms with Crippen molar-refractivity contribution in [3.63, 3.8) is 0 Å². The van der Waals surface area contributed by atoms with E-state index in [1.165, 1.54) is 6.07 Å². The van der Waals surface area contributed by atoms with E-state index in [0.717, 1.165) is 26.2 Å². The van der Waals surface area contributed by atoms with Crippen LogP contribution in [0.2, 0.25) is 0 Å². The summed E-state index contributed by atoms with van der Waals surface area (Å²) in [7, 11) is 0. The Bertz CT molecular complexity index is 377. The van der Waals surface area contributed by atoms with Crippen LogP contribution < -0.4 is 21.5 Å². The first kappa shape index (κ1) is 15.0. The number of hydrogen-bond acceptors (Lipinski definition) is 5. The average molecular weight is 268 g/mol. The topological polar surface area (TPSA) is 87.0 Å². The number of nitrogens with one attached hydrogen (secondary N) is 2. The van der Waals surface area contributed by atoms with Crippen molar-refractivity contribution < 1.29 is 0 Å². The van der Waals surface area contributed by atoms with E-state index in [4.69, 9.17) is 5.73 Å². The summed E-state index contributed by atoms with van der Waals surface area (Å²) < 4.78 is 0. The van der Waals surface area contributed by atoms with Gasteiger partial charge < -0.3 is 16.0 Å². The van der Waals surface area contributed by atoms with Crippen molar-refractivity contribution in [3.8, 4) is 0 Å². The minimum atomic E-state index is -0.203. The van der Waals surface area contributed by atoms with E-state index in [2.05, 4.69) is 15.3 Å². The SMILES string of the molecule is Cl.Cl.Nc1nc(N2CCNCC2)cc(=O)[nH]1. The van der Waals surface area contributed by atoms with Crippen LogP contribution in [-0.4, -0.2) is 36.1 Å². The third-order valence-electron chi connectivity index (χ3n) is 2.19. The highest BCUT2D eigenvalue weighted by Gasteiger charge is 2.12. The monoisotopic (exact) mass is 267 g/mol. The zero-order valence-electron chi connectivity index (χ0n) is 8.60. The number of anilines is 2. The lowest BCUT2D eigenvalue weighted by atomic mass is 10.3. The van der Waals surface area contributed by atoms with Gasteiger partial charge in [0.15, 0.2) is 0 Å². The fraction of sp³-hybridized carbons (Fsp3) is 0.500. The fourth-order valence-electron chi connectivity index (χ4n) is 1.52. The highest BCUT2D eigenvalue weighted by atomic mass is 35.5. The molecule has 0 bridgehead atoms. The number of H-pyrrole nitrogens is 1. The Kier molecular flexibility index (Phi) is 6.17. The fourth-order valence-corrected chi connectivity index (χ4v) is 1.52. The highest BCUT2D eigenvalue weighted by molar-refractivity contribution is 5.85. The van der Waals surface area contributed by atoms with Gasteiger partial charge >= 0.3 is 0 Å². The van der Waals surface area contributed by atoms with Gasteiger partial charge in [0.05, 0.1) is 0 Å². The number of nitrogens with two attached hydrogens (primary N) is 1. The smallest absolute Gasteiger partial charge is 0.254 e. The molecule has 16 heavy (non-hydrogen) atoms. The van der Waals surface area contributed by atoms with Crippen LogP contribution in [0.5, 0.6) is 0 Å². The quantitative estimate of drug-likeness (QED) is 0.645. The third kappa shape index (κ3) is 3.55. The summed E-state index contributed by atoms with van der Waals surface area (Å²) in [6.07, 6.45) is 0. The lowest BCUT2D eigenvalue weighted by Crippen LogP contribution is -2.44. The molecule has 0 radical (unpaired) electrons. The molecule has 0 aliphatic carbocycles. The molecule has 2 rings (SSSR count). The summed E-state index contributed by atoms with van der Waals surface area (Å²) in [5, 5.41) is 3.23. The molecule has 0 aromatic carbocycles. The molecule has 0 atom stereocenters. The Labute approximate surface area is 105 Å². The second-order valence-electron chi connectivity index (χ2n) is 3.23. The number of rotatable bonds is 1. The van der Waals surface area contributed by atoms with Crippen LogP contribution in [0.1, 0.15) is 0 Å². The Balaban J connectivity index is 0.00000112. The van der Waals surface area contributed by atoms with Crippen molar-refractivity contribution in [1.29, 1.82) is 0 Å². The zero-order valence-corrected chi connectivity index (χ0v) is 10.2. The summed E-state index contributed by atoms with van der Waals surface area (Å²) in [5.74, 6) is 0.832. The Morgan fingerprint density at radius 2 is 1.94 bits per heavy atom. The van der Waals surface area contributed by atoms with Gasteiger partial charge in [-0.05, 0) is 0 Å². The Morgan fingerprint density at radius 1 is 1.31 bits per heavy atom. The molecule has 0 amide bonds. The minimum Gasteiger partial charge on any atom is -0.369 e. The zero-order chi connectivity index (χ0) is 9.97. The van der Waals surface area contributed by atoms with Crippen molar-refractivity contribution in [1.82, 2.24) is 15.3 Å². The van der Waals surface area contributed by atoms with Crippen LogP contribution in [0.4, 0.5) is 11.8 Å². The molecule has 8 heteroatoms. The van der Waals surface area contributed by atoms with Gasteiger partial charge in [-0.15, -0.1) is 24.8 Å². The minimum absolute atomic E-state index is 0. The second-order valence-corrected chi connectivity index (χ2v) is 3.23. The number of aromatic nitrogens is 2. The number of hydrogen-bond donors (Lipinski definition) is 3. The normalized spacial score (nSPS) is 14.9. The van der Waals surface area contributed by atoms with Crippen molar-refractivity contribution in [2.75, 3.05) is 36.8 Å². The van der Waals surface area contributed by atoms with Gasteiger partial charge in [-0.3, -0.25) is 9.78 Å². The maximum Gasteiger partial charge on any atom is 0.254 e. The van der Waals surface area contributed by atoms with Gasteiger partial charge in [-0.25, -0.2) is 0 Å². The van der Waals surface area contributed by atoms with Crippen LogP contribution in [0.25, 0.3) is 0 Å². The third-order valence-corrected chi connectivity index (χ3v) is 2.19.